The van der Waals surface area contributed by atoms with Gasteiger partial charge in [0, 0.05) is 26.2 Å². The molecule has 0 bridgehead atoms. The average Bonchev–Trinajstić information content (AvgIpc) is 3.05. The lowest BCUT2D eigenvalue weighted by Gasteiger charge is -2.29. The van der Waals surface area contributed by atoms with Crippen molar-refractivity contribution in [1.29, 1.82) is 0 Å². The number of piperidine rings is 1. The number of rotatable bonds is 2. The van der Waals surface area contributed by atoms with E-state index in [-0.39, 0.29) is 0 Å². The molecule has 2 aliphatic heterocycles. The molecule has 3 rings (SSSR count). The van der Waals surface area contributed by atoms with E-state index >= 15 is 0 Å². The molecule has 3 heteroatoms. The predicted octanol–water partition coefficient (Wildman–Crippen LogP) is 1.80. The van der Waals surface area contributed by atoms with Crippen LogP contribution in [0, 0.1) is 0 Å². The zero-order valence-electron chi connectivity index (χ0n) is 10.6. The lowest BCUT2D eigenvalue weighted by Crippen LogP contribution is -2.41. The number of carbonyl (C=O) groups is 1. The molecule has 0 spiro atoms. The number of hydrogen-bond donors (Lipinski definition) is 0. The third-order valence-electron chi connectivity index (χ3n) is 4.28. The minimum atomic E-state index is 0.352. The second-order valence-electron chi connectivity index (χ2n) is 5.57. The first kappa shape index (κ1) is 11.3. The van der Waals surface area contributed by atoms with Gasteiger partial charge in [0.15, 0.2) is 0 Å². The summed E-state index contributed by atoms with van der Waals surface area (Å²) >= 11 is 0. The lowest BCUT2D eigenvalue weighted by atomic mass is 10.0. The summed E-state index contributed by atoms with van der Waals surface area (Å²) in [6.45, 7) is 4.82. The lowest BCUT2D eigenvalue weighted by molar-refractivity contribution is -0.131. The second kappa shape index (κ2) is 4.81. The van der Waals surface area contributed by atoms with Crippen molar-refractivity contribution in [2.45, 2.75) is 38.5 Å². The Hall–Kier alpha value is -0.830. The van der Waals surface area contributed by atoms with Crippen molar-refractivity contribution in [3.8, 4) is 0 Å². The van der Waals surface area contributed by atoms with Gasteiger partial charge in [0.05, 0.1) is 6.54 Å². The number of carbonyl (C=O) groups excluding carboxylic acids is 1. The maximum Gasteiger partial charge on any atom is 0.236 e. The molecular weight excluding hydrogens is 212 g/mol. The van der Waals surface area contributed by atoms with Gasteiger partial charge in [-0.2, -0.15) is 0 Å². The van der Waals surface area contributed by atoms with Crippen molar-refractivity contribution in [2.75, 3.05) is 32.7 Å². The van der Waals surface area contributed by atoms with E-state index in [1.165, 1.54) is 38.5 Å². The molecule has 1 saturated carbocycles. The van der Waals surface area contributed by atoms with Crippen LogP contribution >= 0.6 is 0 Å². The highest BCUT2D eigenvalue weighted by atomic mass is 16.2. The predicted molar refractivity (Wildman–Crippen MR) is 67.7 cm³/mol. The van der Waals surface area contributed by atoms with Gasteiger partial charge < -0.3 is 4.90 Å². The smallest absolute Gasteiger partial charge is 0.236 e. The van der Waals surface area contributed by atoms with Gasteiger partial charge >= 0.3 is 0 Å². The van der Waals surface area contributed by atoms with E-state index < -0.39 is 0 Å². The van der Waals surface area contributed by atoms with E-state index in [4.69, 9.17) is 0 Å². The molecule has 3 nitrogen and oxygen atoms in total. The van der Waals surface area contributed by atoms with Crippen LogP contribution in [0.2, 0.25) is 0 Å². The molecule has 0 radical (unpaired) electrons. The Balaban J connectivity index is 1.46. The van der Waals surface area contributed by atoms with Crippen molar-refractivity contribution in [3.05, 3.63) is 11.1 Å². The van der Waals surface area contributed by atoms with E-state index in [0.717, 1.165) is 26.2 Å². The Morgan fingerprint density at radius 1 is 0.882 bits per heavy atom. The number of hydrogen-bond acceptors (Lipinski definition) is 2. The van der Waals surface area contributed by atoms with Gasteiger partial charge in [-0.15, -0.1) is 0 Å². The Kier molecular flexibility index (Phi) is 3.19. The van der Waals surface area contributed by atoms with Gasteiger partial charge in [0.25, 0.3) is 0 Å². The van der Waals surface area contributed by atoms with E-state index in [9.17, 15) is 4.79 Å². The molecule has 0 unspecified atom stereocenters. The van der Waals surface area contributed by atoms with E-state index in [1.807, 2.05) is 4.90 Å². The molecule has 2 heterocycles. The highest BCUT2D eigenvalue weighted by molar-refractivity contribution is 5.78. The van der Waals surface area contributed by atoms with Crippen molar-refractivity contribution < 1.29 is 4.79 Å². The summed E-state index contributed by atoms with van der Waals surface area (Å²) in [5.74, 6) is 0.352. The summed E-state index contributed by atoms with van der Waals surface area (Å²) in [4.78, 5) is 16.4. The summed E-state index contributed by atoms with van der Waals surface area (Å²) in [6.07, 6.45) is 7.51. The van der Waals surface area contributed by atoms with Gasteiger partial charge in [-0.25, -0.2) is 0 Å². The van der Waals surface area contributed by atoms with Gasteiger partial charge in [-0.1, -0.05) is 11.1 Å². The van der Waals surface area contributed by atoms with E-state index in [0.29, 0.717) is 12.5 Å². The minimum Gasteiger partial charge on any atom is -0.342 e. The summed E-state index contributed by atoms with van der Waals surface area (Å²) in [5.41, 5.74) is 3.42. The highest BCUT2D eigenvalue weighted by Crippen LogP contribution is 2.35. The van der Waals surface area contributed by atoms with Gasteiger partial charge in [-0.3, -0.25) is 9.69 Å². The Morgan fingerprint density at radius 2 is 1.47 bits per heavy atom. The zero-order valence-corrected chi connectivity index (χ0v) is 10.6. The normalized spacial score (nSPS) is 25.5. The molecular formula is C14H22N2O. The van der Waals surface area contributed by atoms with Crippen LogP contribution in [0.1, 0.15) is 38.5 Å². The molecule has 0 atom stereocenters. The summed E-state index contributed by atoms with van der Waals surface area (Å²) in [6, 6.07) is 0. The number of nitrogens with zero attached hydrogens (tertiary/aromatic N) is 2. The second-order valence-corrected chi connectivity index (χ2v) is 5.57. The fourth-order valence-corrected chi connectivity index (χ4v) is 3.01. The average molecular weight is 234 g/mol. The third-order valence-corrected chi connectivity index (χ3v) is 4.28. The molecule has 2 saturated heterocycles. The first-order valence-corrected chi connectivity index (χ1v) is 7.03. The van der Waals surface area contributed by atoms with Crippen LogP contribution in [0.5, 0.6) is 0 Å². The molecule has 3 fully saturated rings. The molecule has 94 valence electrons. The van der Waals surface area contributed by atoms with Gasteiger partial charge in [-0.05, 0) is 38.5 Å². The van der Waals surface area contributed by atoms with Gasteiger partial charge in [0.1, 0.15) is 0 Å². The summed E-state index contributed by atoms with van der Waals surface area (Å²) in [5, 5.41) is 0. The summed E-state index contributed by atoms with van der Waals surface area (Å²) < 4.78 is 0. The largest absolute Gasteiger partial charge is 0.342 e. The minimum absolute atomic E-state index is 0.352. The monoisotopic (exact) mass is 234 g/mol. The van der Waals surface area contributed by atoms with Crippen LogP contribution in [0.4, 0.5) is 0 Å². The molecule has 3 aliphatic rings. The molecule has 0 N–H and O–H groups in total. The maximum atomic E-state index is 12.0. The number of allylic oxidation sites excluding steroid dienone is 1. The van der Waals surface area contributed by atoms with Crippen LogP contribution in [-0.2, 0) is 4.79 Å². The molecule has 0 aromatic rings. The first-order chi connectivity index (χ1) is 8.33. The maximum absolute atomic E-state index is 12.0. The number of amides is 1. The quantitative estimate of drug-likeness (QED) is 0.680. The Morgan fingerprint density at radius 3 is 2.06 bits per heavy atom. The molecule has 17 heavy (non-hydrogen) atoms. The molecule has 1 aliphatic carbocycles. The molecule has 1 amide bonds. The summed E-state index contributed by atoms with van der Waals surface area (Å²) in [7, 11) is 0. The van der Waals surface area contributed by atoms with Crippen molar-refractivity contribution >= 4 is 5.91 Å². The zero-order chi connectivity index (χ0) is 11.7. The van der Waals surface area contributed by atoms with E-state index in [2.05, 4.69) is 4.90 Å². The van der Waals surface area contributed by atoms with Crippen molar-refractivity contribution in [2.24, 2.45) is 0 Å². The van der Waals surface area contributed by atoms with Crippen LogP contribution < -0.4 is 0 Å². The third kappa shape index (κ3) is 2.71. The highest BCUT2D eigenvalue weighted by Gasteiger charge is 2.25. The molecule has 0 aromatic carbocycles. The van der Waals surface area contributed by atoms with Crippen LogP contribution in [0.15, 0.2) is 11.1 Å². The fourth-order valence-electron chi connectivity index (χ4n) is 3.01. The van der Waals surface area contributed by atoms with Crippen molar-refractivity contribution in [3.63, 3.8) is 0 Å². The SMILES string of the molecule is O=C(CN1CCC(=C2CC2)CC1)N1CCCC1. The van der Waals surface area contributed by atoms with Crippen molar-refractivity contribution in [1.82, 2.24) is 9.80 Å². The topological polar surface area (TPSA) is 23.6 Å². The molecule has 0 aromatic heterocycles. The standard InChI is InChI=1S/C14H22N2O/c17-14(16-7-1-2-8-16)11-15-9-5-13(6-10-15)12-3-4-12/h1-11H2. The van der Waals surface area contributed by atoms with Crippen LogP contribution in [0.3, 0.4) is 0 Å². The van der Waals surface area contributed by atoms with Crippen LogP contribution in [0.25, 0.3) is 0 Å². The van der Waals surface area contributed by atoms with E-state index in [1.54, 1.807) is 11.1 Å². The Bertz CT molecular complexity index is 326. The first-order valence-electron chi connectivity index (χ1n) is 7.03. The number of likely N-dealkylation sites (tertiary alicyclic amines) is 2. The fraction of sp³-hybridized carbons (Fsp3) is 0.786. The van der Waals surface area contributed by atoms with Crippen LogP contribution in [-0.4, -0.2) is 48.4 Å². The van der Waals surface area contributed by atoms with Gasteiger partial charge in [0.2, 0.25) is 5.91 Å². The Labute approximate surface area is 103 Å².